The lowest BCUT2D eigenvalue weighted by Gasteiger charge is -2.36. The van der Waals surface area contributed by atoms with E-state index in [0.29, 0.717) is 5.56 Å². The summed E-state index contributed by atoms with van der Waals surface area (Å²) in [4.78, 5) is 14.8. The van der Waals surface area contributed by atoms with Crippen molar-refractivity contribution in [1.82, 2.24) is 10.6 Å². The molecule has 2 aliphatic rings. The molecule has 0 saturated heterocycles. The van der Waals surface area contributed by atoms with Crippen LogP contribution in [0.2, 0.25) is 0 Å². The van der Waals surface area contributed by atoms with E-state index in [-0.39, 0.29) is 12.1 Å². The number of nitrogens with zero attached hydrogens (tertiary/aromatic N) is 1. The van der Waals surface area contributed by atoms with Gasteiger partial charge in [0.2, 0.25) is 0 Å². The van der Waals surface area contributed by atoms with Crippen LogP contribution in [0.25, 0.3) is 0 Å². The van der Waals surface area contributed by atoms with Gasteiger partial charge in [-0.2, -0.15) is 0 Å². The fraction of sp³-hybridized carbons (Fsp3) is 0.450. The van der Waals surface area contributed by atoms with Crippen molar-refractivity contribution in [3.8, 4) is 0 Å². The molecule has 2 unspecified atom stereocenters. The Hall–Kier alpha value is -2.27. The van der Waals surface area contributed by atoms with Crippen molar-refractivity contribution in [3.05, 3.63) is 53.3 Å². The van der Waals surface area contributed by atoms with Gasteiger partial charge in [-0.3, -0.25) is 0 Å². The number of benzene rings is 1. The second-order valence-electron chi connectivity index (χ2n) is 6.47. The summed E-state index contributed by atoms with van der Waals surface area (Å²) in [6.07, 6.45) is 6.70. The minimum atomic E-state index is -0.419. The maximum atomic E-state index is 12.5. The Labute approximate surface area is 149 Å². The lowest BCUT2D eigenvalue weighted by molar-refractivity contribution is 0.0194. The number of anilines is 1. The standard InChI is InChI=1S/C20H27N3O2/c1-5-23(6-2)15-7-8-16-17(13-15)19(24)25-18(16)20(22-4)11-9-14(21-3)10-12-20/h7-11,13,18,21-22H,5-6,12H2,1-4H3. The topological polar surface area (TPSA) is 53.6 Å². The Kier molecular flexibility index (Phi) is 4.86. The Morgan fingerprint density at radius 2 is 2.04 bits per heavy atom. The molecule has 0 spiro atoms. The normalized spacial score (nSPS) is 24.6. The summed E-state index contributed by atoms with van der Waals surface area (Å²) < 4.78 is 5.82. The van der Waals surface area contributed by atoms with Gasteiger partial charge in [-0.05, 0) is 45.5 Å². The van der Waals surface area contributed by atoms with Crippen LogP contribution in [0.5, 0.6) is 0 Å². The lowest BCUT2D eigenvalue weighted by atomic mass is 9.81. The van der Waals surface area contributed by atoms with Gasteiger partial charge in [-0.25, -0.2) is 4.79 Å². The van der Waals surface area contributed by atoms with E-state index in [9.17, 15) is 4.79 Å². The molecule has 0 amide bonds. The number of nitrogens with one attached hydrogen (secondary N) is 2. The van der Waals surface area contributed by atoms with E-state index in [1.807, 2.05) is 32.3 Å². The molecule has 0 fully saturated rings. The van der Waals surface area contributed by atoms with Gasteiger partial charge in [0.1, 0.15) is 6.10 Å². The summed E-state index contributed by atoms with van der Waals surface area (Å²) in [6, 6.07) is 6.10. The molecule has 1 heterocycles. The van der Waals surface area contributed by atoms with Crippen LogP contribution in [-0.2, 0) is 4.74 Å². The molecule has 3 rings (SSSR count). The predicted octanol–water partition coefficient (Wildman–Crippen LogP) is 2.77. The van der Waals surface area contributed by atoms with Crippen LogP contribution < -0.4 is 15.5 Å². The predicted molar refractivity (Wildman–Crippen MR) is 101 cm³/mol. The van der Waals surface area contributed by atoms with Crippen molar-refractivity contribution in [3.63, 3.8) is 0 Å². The van der Waals surface area contributed by atoms with E-state index in [1.165, 1.54) is 0 Å². The average Bonchev–Trinajstić information content (AvgIpc) is 3.00. The number of allylic oxidation sites excluding steroid dienone is 1. The molecule has 2 N–H and O–H groups in total. The van der Waals surface area contributed by atoms with E-state index >= 15 is 0 Å². The largest absolute Gasteiger partial charge is 0.452 e. The number of esters is 1. The molecule has 1 aromatic rings. The molecule has 2 atom stereocenters. The second kappa shape index (κ2) is 6.92. The fourth-order valence-corrected chi connectivity index (χ4v) is 3.70. The molecule has 25 heavy (non-hydrogen) atoms. The van der Waals surface area contributed by atoms with Gasteiger partial charge >= 0.3 is 5.97 Å². The van der Waals surface area contributed by atoms with E-state index in [2.05, 4.69) is 47.6 Å². The number of carbonyl (C=O) groups is 1. The Morgan fingerprint density at radius 1 is 1.28 bits per heavy atom. The van der Waals surface area contributed by atoms with Crippen molar-refractivity contribution < 1.29 is 9.53 Å². The first-order chi connectivity index (χ1) is 12.1. The third-order valence-corrected chi connectivity index (χ3v) is 5.33. The molecule has 0 radical (unpaired) electrons. The van der Waals surface area contributed by atoms with Crippen molar-refractivity contribution in [2.75, 3.05) is 32.1 Å². The lowest BCUT2D eigenvalue weighted by Crippen LogP contribution is -2.47. The minimum absolute atomic E-state index is 0.236. The van der Waals surface area contributed by atoms with Crippen molar-refractivity contribution in [1.29, 1.82) is 0 Å². The van der Waals surface area contributed by atoms with Gasteiger partial charge in [0.25, 0.3) is 0 Å². The summed E-state index contributed by atoms with van der Waals surface area (Å²) in [6.45, 7) is 6.06. The number of rotatable bonds is 6. The van der Waals surface area contributed by atoms with Gasteiger partial charge in [0.15, 0.2) is 0 Å². The quantitative estimate of drug-likeness (QED) is 0.779. The van der Waals surface area contributed by atoms with Crippen LogP contribution in [0.3, 0.4) is 0 Å². The number of fused-ring (bicyclic) bond motifs is 1. The molecule has 0 aromatic heterocycles. The third kappa shape index (κ3) is 2.93. The number of likely N-dealkylation sites (N-methyl/N-ethyl adjacent to an activating group) is 2. The highest BCUT2D eigenvalue weighted by atomic mass is 16.6. The molecule has 134 valence electrons. The monoisotopic (exact) mass is 341 g/mol. The third-order valence-electron chi connectivity index (χ3n) is 5.33. The van der Waals surface area contributed by atoms with E-state index in [1.54, 1.807) is 0 Å². The average molecular weight is 341 g/mol. The van der Waals surface area contributed by atoms with E-state index in [0.717, 1.165) is 36.5 Å². The summed E-state index contributed by atoms with van der Waals surface area (Å²) in [5, 5.41) is 6.53. The number of hydrogen-bond acceptors (Lipinski definition) is 5. The van der Waals surface area contributed by atoms with Gasteiger partial charge in [-0.1, -0.05) is 18.2 Å². The highest BCUT2D eigenvalue weighted by Crippen LogP contribution is 2.43. The Balaban J connectivity index is 1.96. The summed E-state index contributed by atoms with van der Waals surface area (Å²) in [5.74, 6) is -0.236. The zero-order chi connectivity index (χ0) is 18.0. The van der Waals surface area contributed by atoms with Gasteiger partial charge in [0.05, 0.1) is 11.1 Å². The molecule has 0 saturated carbocycles. The maximum Gasteiger partial charge on any atom is 0.339 e. The number of hydrogen-bond donors (Lipinski definition) is 2. The van der Waals surface area contributed by atoms with Gasteiger partial charge < -0.3 is 20.3 Å². The number of ether oxygens (including phenoxy) is 1. The number of carbonyl (C=O) groups excluding carboxylic acids is 1. The van der Waals surface area contributed by atoms with Crippen molar-refractivity contribution >= 4 is 11.7 Å². The van der Waals surface area contributed by atoms with Crippen LogP contribution in [-0.4, -0.2) is 38.7 Å². The van der Waals surface area contributed by atoms with Gasteiger partial charge in [-0.15, -0.1) is 0 Å². The SMILES string of the molecule is CCN(CC)c1ccc2c(c1)C(=O)OC2C1(NC)C=CC(NC)=CC1. The molecular formula is C20H27N3O2. The summed E-state index contributed by atoms with van der Waals surface area (Å²) >= 11 is 0. The maximum absolute atomic E-state index is 12.5. The Morgan fingerprint density at radius 3 is 2.60 bits per heavy atom. The van der Waals surface area contributed by atoms with Crippen LogP contribution >= 0.6 is 0 Å². The zero-order valence-electron chi connectivity index (χ0n) is 15.4. The van der Waals surface area contributed by atoms with Crippen LogP contribution in [0.15, 0.2) is 42.1 Å². The molecule has 5 heteroatoms. The van der Waals surface area contributed by atoms with E-state index < -0.39 is 5.54 Å². The molecule has 5 nitrogen and oxygen atoms in total. The fourth-order valence-electron chi connectivity index (χ4n) is 3.70. The second-order valence-corrected chi connectivity index (χ2v) is 6.47. The molecule has 1 aliphatic carbocycles. The van der Waals surface area contributed by atoms with E-state index in [4.69, 9.17) is 4.74 Å². The number of cyclic esters (lactones) is 1. The first-order valence-electron chi connectivity index (χ1n) is 8.94. The highest BCUT2D eigenvalue weighted by Gasteiger charge is 2.45. The molecule has 1 aliphatic heterocycles. The molecular weight excluding hydrogens is 314 g/mol. The summed E-state index contributed by atoms with van der Waals surface area (Å²) in [7, 11) is 3.82. The highest BCUT2D eigenvalue weighted by molar-refractivity contribution is 5.95. The summed E-state index contributed by atoms with van der Waals surface area (Å²) in [5.41, 5.74) is 3.36. The molecule has 0 bridgehead atoms. The van der Waals surface area contributed by atoms with Crippen LogP contribution in [0.4, 0.5) is 5.69 Å². The smallest absolute Gasteiger partial charge is 0.339 e. The van der Waals surface area contributed by atoms with Crippen LogP contribution in [0.1, 0.15) is 42.3 Å². The first kappa shape index (κ1) is 17.5. The van der Waals surface area contributed by atoms with Crippen molar-refractivity contribution in [2.24, 2.45) is 0 Å². The molecule has 1 aromatic carbocycles. The minimum Gasteiger partial charge on any atom is -0.452 e. The van der Waals surface area contributed by atoms with Gasteiger partial charge in [0, 0.05) is 37.1 Å². The van der Waals surface area contributed by atoms with Crippen molar-refractivity contribution in [2.45, 2.75) is 31.9 Å². The Bertz CT molecular complexity index is 722. The zero-order valence-corrected chi connectivity index (χ0v) is 15.4. The van der Waals surface area contributed by atoms with Crippen LogP contribution in [0, 0.1) is 0 Å². The first-order valence-corrected chi connectivity index (χ1v) is 8.94.